The summed E-state index contributed by atoms with van der Waals surface area (Å²) in [6, 6.07) is 1.59. The lowest BCUT2D eigenvalue weighted by atomic mass is 10.2. The molecular weight excluding hydrogens is 350 g/mol. The van der Waals surface area contributed by atoms with Gasteiger partial charge in [0.15, 0.2) is 0 Å². The maximum Gasteiger partial charge on any atom is 0.412 e. The second kappa shape index (κ2) is 11.1. The molecule has 27 heavy (non-hydrogen) atoms. The Kier molecular flexibility index (Phi) is 9.22. The van der Waals surface area contributed by atoms with E-state index in [9.17, 15) is 9.59 Å². The number of azide groups is 1. The number of anilines is 1. The maximum atomic E-state index is 12.2. The Balaban J connectivity index is 2.70. The third kappa shape index (κ3) is 9.01. The van der Waals surface area contributed by atoms with Crippen LogP contribution in [-0.2, 0) is 16.0 Å². The predicted octanol–water partition coefficient (Wildman–Crippen LogP) is 4.88. The highest BCUT2D eigenvalue weighted by molar-refractivity contribution is 5.92. The van der Waals surface area contributed by atoms with Gasteiger partial charge in [0.25, 0.3) is 0 Å². The summed E-state index contributed by atoms with van der Waals surface area (Å²) in [5.41, 5.74) is 8.51. The van der Waals surface area contributed by atoms with Crippen molar-refractivity contribution in [3.8, 4) is 0 Å². The van der Waals surface area contributed by atoms with Crippen LogP contribution < -0.4 is 5.32 Å². The number of aryl methyl sites for hydroxylation is 1. The number of esters is 1. The standard InChI is InChI=1S/C18H29N5O4/c1-5-26-16(24)15-12-14(21-17(25)27-18(2,3)4)13-23(15)11-9-7-6-8-10-20-22-19/h12-13H,5-11H2,1-4H3,(H,21,25). The first kappa shape index (κ1) is 22.4. The van der Waals surface area contributed by atoms with E-state index in [1.54, 1.807) is 44.5 Å². The molecule has 0 aliphatic rings. The first-order valence-electron chi connectivity index (χ1n) is 9.15. The summed E-state index contributed by atoms with van der Waals surface area (Å²) in [4.78, 5) is 26.8. The molecule has 1 amide bonds. The number of hydrogen-bond acceptors (Lipinski definition) is 5. The average molecular weight is 379 g/mol. The van der Waals surface area contributed by atoms with Gasteiger partial charge in [0.1, 0.15) is 11.3 Å². The lowest BCUT2D eigenvalue weighted by Gasteiger charge is -2.19. The monoisotopic (exact) mass is 379 g/mol. The Morgan fingerprint density at radius 3 is 2.59 bits per heavy atom. The van der Waals surface area contributed by atoms with Crippen LogP contribution in [0.25, 0.3) is 10.4 Å². The molecule has 0 aromatic carbocycles. The molecule has 0 aliphatic carbocycles. The number of ether oxygens (including phenoxy) is 2. The number of unbranched alkanes of at least 4 members (excludes halogenated alkanes) is 3. The summed E-state index contributed by atoms with van der Waals surface area (Å²) in [7, 11) is 0. The highest BCUT2D eigenvalue weighted by Crippen LogP contribution is 2.18. The van der Waals surface area contributed by atoms with Crippen LogP contribution in [-0.4, -0.2) is 35.4 Å². The van der Waals surface area contributed by atoms with Gasteiger partial charge in [-0.1, -0.05) is 18.0 Å². The van der Waals surface area contributed by atoms with Gasteiger partial charge in [0, 0.05) is 24.2 Å². The molecule has 0 spiro atoms. The fourth-order valence-electron chi connectivity index (χ4n) is 2.42. The molecule has 9 heteroatoms. The predicted molar refractivity (Wildman–Crippen MR) is 103 cm³/mol. The summed E-state index contributed by atoms with van der Waals surface area (Å²) in [5.74, 6) is -0.432. The second-order valence-corrected chi connectivity index (χ2v) is 7.02. The Labute approximate surface area is 159 Å². The van der Waals surface area contributed by atoms with Crippen molar-refractivity contribution >= 4 is 17.7 Å². The summed E-state index contributed by atoms with van der Waals surface area (Å²) in [5, 5.41) is 6.15. The highest BCUT2D eigenvalue weighted by Gasteiger charge is 2.19. The molecule has 0 aliphatic heterocycles. The van der Waals surface area contributed by atoms with Crippen LogP contribution in [0.15, 0.2) is 17.4 Å². The first-order chi connectivity index (χ1) is 12.8. The van der Waals surface area contributed by atoms with Gasteiger partial charge in [0.05, 0.1) is 12.3 Å². The van der Waals surface area contributed by atoms with Gasteiger partial charge in [-0.2, -0.15) is 0 Å². The van der Waals surface area contributed by atoms with E-state index in [0.717, 1.165) is 25.7 Å². The van der Waals surface area contributed by atoms with Crippen molar-refractivity contribution in [3.63, 3.8) is 0 Å². The molecule has 1 rings (SSSR count). The second-order valence-electron chi connectivity index (χ2n) is 7.02. The highest BCUT2D eigenvalue weighted by atomic mass is 16.6. The average Bonchev–Trinajstić information content (AvgIpc) is 2.95. The molecule has 1 N–H and O–H groups in total. The van der Waals surface area contributed by atoms with Gasteiger partial charge in [-0.15, -0.1) is 0 Å². The van der Waals surface area contributed by atoms with Crippen molar-refractivity contribution in [1.29, 1.82) is 0 Å². The zero-order valence-corrected chi connectivity index (χ0v) is 16.5. The Morgan fingerprint density at radius 2 is 1.96 bits per heavy atom. The SMILES string of the molecule is CCOC(=O)c1cc(NC(=O)OC(C)(C)C)cn1CCCCCCN=[N+]=[N-]. The van der Waals surface area contributed by atoms with E-state index in [1.807, 2.05) is 0 Å². The van der Waals surface area contributed by atoms with E-state index in [0.29, 0.717) is 24.5 Å². The Morgan fingerprint density at radius 1 is 1.26 bits per heavy atom. The quantitative estimate of drug-likeness (QED) is 0.205. The van der Waals surface area contributed by atoms with E-state index in [-0.39, 0.29) is 6.61 Å². The van der Waals surface area contributed by atoms with E-state index in [4.69, 9.17) is 15.0 Å². The summed E-state index contributed by atoms with van der Waals surface area (Å²) < 4.78 is 12.1. The van der Waals surface area contributed by atoms with Crippen molar-refractivity contribution < 1.29 is 19.1 Å². The van der Waals surface area contributed by atoms with Crippen molar-refractivity contribution in [3.05, 3.63) is 28.4 Å². The smallest absolute Gasteiger partial charge is 0.412 e. The molecule has 0 saturated heterocycles. The molecule has 0 atom stereocenters. The lowest BCUT2D eigenvalue weighted by Crippen LogP contribution is -2.27. The fourth-order valence-corrected chi connectivity index (χ4v) is 2.42. The number of carbonyl (C=O) groups excluding carboxylic acids is 2. The summed E-state index contributed by atoms with van der Waals surface area (Å²) in [6.45, 7) is 8.48. The van der Waals surface area contributed by atoms with E-state index in [2.05, 4.69) is 15.3 Å². The fraction of sp³-hybridized carbons (Fsp3) is 0.667. The van der Waals surface area contributed by atoms with Gasteiger partial charge < -0.3 is 14.0 Å². The third-order valence-corrected chi connectivity index (χ3v) is 3.50. The Bertz CT molecular complexity index is 672. The van der Waals surface area contributed by atoms with Crippen molar-refractivity contribution in [1.82, 2.24) is 4.57 Å². The number of hydrogen-bond donors (Lipinski definition) is 1. The maximum absolute atomic E-state index is 12.2. The number of nitrogens with zero attached hydrogens (tertiary/aromatic N) is 4. The van der Waals surface area contributed by atoms with E-state index >= 15 is 0 Å². The van der Waals surface area contributed by atoms with Gasteiger partial charge in [-0.3, -0.25) is 5.32 Å². The molecule has 0 saturated carbocycles. The molecule has 0 fully saturated rings. The number of nitrogens with one attached hydrogen (secondary N) is 1. The van der Waals surface area contributed by atoms with Crippen molar-refractivity contribution in [2.24, 2.45) is 5.11 Å². The molecular formula is C18H29N5O4. The van der Waals surface area contributed by atoms with E-state index < -0.39 is 17.7 Å². The van der Waals surface area contributed by atoms with Crippen molar-refractivity contribution in [2.75, 3.05) is 18.5 Å². The van der Waals surface area contributed by atoms with Crippen LogP contribution in [0.5, 0.6) is 0 Å². The molecule has 0 unspecified atom stereocenters. The van der Waals surface area contributed by atoms with Crippen LogP contribution in [0.4, 0.5) is 10.5 Å². The van der Waals surface area contributed by atoms with Crippen molar-refractivity contribution in [2.45, 2.75) is 65.5 Å². The third-order valence-electron chi connectivity index (χ3n) is 3.50. The van der Waals surface area contributed by atoms with Gasteiger partial charge in [-0.05, 0) is 52.1 Å². The van der Waals surface area contributed by atoms with E-state index in [1.165, 1.54) is 0 Å². The van der Waals surface area contributed by atoms with Crippen LogP contribution in [0, 0.1) is 0 Å². The molecule has 1 aromatic rings. The molecule has 150 valence electrons. The minimum atomic E-state index is -0.605. The zero-order chi connectivity index (χ0) is 20.3. The molecule has 1 aromatic heterocycles. The van der Waals surface area contributed by atoms with Crippen LogP contribution in [0.3, 0.4) is 0 Å². The first-order valence-corrected chi connectivity index (χ1v) is 9.15. The number of rotatable bonds is 10. The van der Waals surface area contributed by atoms with Crippen LogP contribution >= 0.6 is 0 Å². The summed E-state index contributed by atoms with van der Waals surface area (Å²) >= 11 is 0. The van der Waals surface area contributed by atoms with Gasteiger partial charge in [0.2, 0.25) is 0 Å². The minimum absolute atomic E-state index is 0.276. The summed E-state index contributed by atoms with van der Waals surface area (Å²) in [6.07, 6.45) is 4.70. The van der Waals surface area contributed by atoms with Crippen LogP contribution in [0.1, 0.15) is 63.9 Å². The molecule has 9 nitrogen and oxygen atoms in total. The van der Waals surface area contributed by atoms with Gasteiger partial charge in [-0.25, -0.2) is 9.59 Å². The number of carbonyl (C=O) groups is 2. The number of aromatic nitrogens is 1. The molecule has 1 heterocycles. The van der Waals surface area contributed by atoms with Crippen LogP contribution in [0.2, 0.25) is 0 Å². The lowest BCUT2D eigenvalue weighted by molar-refractivity contribution is 0.0512. The number of amides is 1. The minimum Gasteiger partial charge on any atom is -0.461 e. The topological polar surface area (TPSA) is 118 Å². The Hall–Kier alpha value is -2.67. The van der Waals surface area contributed by atoms with Gasteiger partial charge >= 0.3 is 12.1 Å². The zero-order valence-electron chi connectivity index (χ0n) is 16.5. The largest absolute Gasteiger partial charge is 0.461 e. The molecule has 0 radical (unpaired) electrons. The molecule has 0 bridgehead atoms. The normalized spacial score (nSPS) is 10.8.